The number of rotatable bonds is 6. The van der Waals surface area contributed by atoms with Gasteiger partial charge in [-0.3, -0.25) is 10.1 Å². The Kier molecular flexibility index (Phi) is 8.68. The smallest absolute Gasteiger partial charge is 0.191 e. The van der Waals surface area contributed by atoms with E-state index in [9.17, 15) is 0 Å². The van der Waals surface area contributed by atoms with Crippen molar-refractivity contribution >= 4 is 35.6 Å². The normalized spacial score (nSPS) is 15.0. The van der Waals surface area contributed by atoms with E-state index >= 15 is 0 Å². The molecule has 28 heavy (non-hydrogen) atoms. The van der Waals surface area contributed by atoms with Gasteiger partial charge in [-0.05, 0) is 18.9 Å². The maximum Gasteiger partial charge on any atom is 0.191 e. The molecular weight excluding hydrogens is 471 g/mol. The Morgan fingerprint density at radius 1 is 1.21 bits per heavy atom. The van der Waals surface area contributed by atoms with Crippen LogP contribution >= 0.6 is 24.0 Å². The van der Waals surface area contributed by atoms with E-state index < -0.39 is 0 Å². The SMILES string of the molecule is CN=C(NCc1ccn[nH]1)NC1CCN(c2cc(OC)cc(OC)c2)CC1.I. The number of aromatic nitrogens is 2. The number of piperidine rings is 1. The lowest BCUT2D eigenvalue weighted by molar-refractivity contribution is 0.393. The molecule has 154 valence electrons. The zero-order valence-electron chi connectivity index (χ0n) is 16.6. The number of nitrogens with zero attached hydrogens (tertiary/aromatic N) is 3. The average molecular weight is 500 g/mol. The van der Waals surface area contributed by atoms with E-state index in [0.717, 1.165) is 54.8 Å². The van der Waals surface area contributed by atoms with E-state index in [-0.39, 0.29) is 24.0 Å². The summed E-state index contributed by atoms with van der Waals surface area (Å²) in [7, 11) is 5.15. The molecular formula is C19H29IN6O2. The van der Waals surface area contributed by atoms with Crippen LogP contribution in [0.15, 0.2) is 35.5 Å². The number of aromatic amines is 1. The fourth-order valence-electron chi connectivity index (χ4n) is 3.21. The Labute approximate surface area is 183 Å². The van der Waals surface area contributed by atoms with Crippen molar-refractivity contribution in [3.63, 3.8) is 0 Å². The molecule has 0 saturated carbocycles. The second-order valence-corrected chi connectivity index (χ2v) is 6.48. The highest BCUT2D eigenvalue weighted by atomic mass is 127. The van der Waals surface area contributed by atoms with Gasteiger partial charge in [0.1, 0.15) is 11.5 Å². The minimum Gasteiger partial charge on any atom is -0.497 e. The molecule has 9 heteroatoms. The summed E-state index contributed by atoms with van der Waals surface area (Å²) in [6.07, 6.45) is 3.81. The predicted octanol–water partition coefficient (Wildman–Crippen LogP) is 2.38. The summed E-state index contributed by atoms with van der Waals surface area (Å²) in [5.41, 5.74) is 2.16. The highest BCUT2D eigenvalue weighted by Gasteiger charge is 2.21. The Hall–Kier alpha value is -2.17. The lowest BCUT2D eigenvalue weighted by Crippen LogP contribution is -2.48. The minimum atomic E-state index is 0. The summed E-state index contributed by atoms with van der Waals surface area (Å²) >= 11 is 0. The van der Waals surface area contributed by atoms with Crippen molar-refractivity contribution in [1.29, 1.82) is 0 Å². The number of benzene rings is 1. The third kappa shape index (κ3) is 5.91. The van der Waals surface area contributed by atoms with E-state index in [0.29, 0.717) is 12.6 Å². The number of guanidine groups is 1. The summed E-state index contributed by atoms with van der Waals surface area (Å²) in [4.78, 5) is 6.68. The van der Waals surface area contributed by atoms with Gasteiger partial charge in [0.25, 0.3) is 0 Å². The van der Waals surface area contributed by atoms with E-state index in [4.69, 9.17) is 9.47 Å². The largest absolute Gasteiger partial charge is 0.497 e. The van der Waals surface area contributed by atoms with Crippen LogP contribution in [0.4, 0.5) is 5.69 Å². The fraction of sp³-hybridized carbons (Fsp3) is 0.474. The van der Waals surface area contributed by atoms with Gasteiger partial charge in [0.15, 0.2) is 5.96 Å². The Morgan fingerprint density at radius 3 is 2.43 bits per heavy atom. The molecule has 2 heterocycles. The standard InChI is InChI=1S/C19H28N6O2.HI/c1-20-19(21-13-15-4-7-22-24-15)23-14-5-8-25(9-6-14)16-10-17(26-2)12-18(11-16)27-3;/h4,7,10-12,14H,5-6,8-9,13H2,1-3H3,(H,22,24)(H2,20,21,23);1H. The number of halogens is 1. The molecule has 0 spiro atoms. The molecule has 0 unspecified atom stereocenters. The molecule has 1 fully saturated rings. The van der Waals surface area contributed by atoms with Gasteiger partial charge < -0.3 is 25.0 Å². The first kappa shape index (κ1) is 22.1. The quantitative estimate of drug-likeness (QED) is 0.321. The van der Waals surface area contributed by atoms with E-state index in [1.807, 2.05) is 12.1 Å². The van der Waals surface area contributed by atoms with Gasteiger partial charge in [-0.2, -0.15) is 5.10 Å². The topological polar surface area (TPSA) is 86.8 Å². The molecule has 0 amide bonds. The van der Waals surface area contributed by atoms with Gasteiger partial charge in [-0.1, -0.05) is 0 Å². The van der Waals surface area contributed by atoms with Gasteiger partial charge in [0.05, 0.1) is 26.5 Å². The number of hydrogen-bond donors (Lipinski definition) is 3. The first-order valence-corrected chi connectivity index (χ1v) is 9.15. The van der Waals surface area contributed by atoms with Crippen LogP contribution in [0.25, 0.3) is 0 Å². The van der Waals surface area contributed by atoms with E-state index in [1.54, 1.807) is 27.5 Å². The van der Waals surface area contributed by atoms with E-state index in [2.05, 4.69) is 42.9 Å². The number of nitrogens with one attached hydrogen (secondary N) is 3. The monoisotopic (exact) mass is 500 g/mol. The number of ether oxygens (including phenoxy) is 2. The van der Waals surface area contributed by atoms with Crippen molar-refractivity contribution in [3.05, 3.63) is 36.2 Å². The summed E-state index contributed by atoms with van der Waals surface area (Å²) in [5, 5.41) is 13.7. The van der Waals surface area contributed by atoms with Gasteiger partial charge in [0, 0.05) is 56.3 Å². The molecule has 1 aromatic heterocycles. The first-order chi connectivity index (χ1) is 13.2. The molecule has 2 aromatic rings. The zero-order valence-corrected chi connectivity index (χ0v) is 18.9. The molecule has 3 rings (SSSR count). The summed E-state index contributed by atoms with van der Waals surface area (Å²) in [6, 6.07) is 8.35. The molecule has 0 aliphatic carbocycles. The van der Waals surface area contributed by atoms with Gasteiger partial charge in [-0.15, -0.1) is 24.0 Å². The highest BCUT2D eigenvalue weighted by molar-refractivity contribution is 14.0. The zero-order chi connectivity index (χ0) is 19.1. The molecule has 1 aliphatic heterocycles. The van der Waals surface area contributed by atoms with Gasteiger partial charge in [-0.25, -0.2) is 0 Å². The Morgan fingerprint density at radius 2 is 1.89 bits per heavy atom. The Bertz CT molecular complexity index is 723. The minimum absolute atomic E-state index is 0. The van der Waals surface area contributed by atoms with Crippen LogP contribution in [-0.2, 0) is 6.54 Å². The summed E-state index contributed by atoms with van der Waals surface area (Å²) in [6.45, 7) is 2.60. The maximum absolute atomic E-state index is 5.38. The number of hydrogen-bond acceptors (Lipinski definition) is 5. The highest BCUT2D eigenvalue weighted by Crippen LogP contribution is 2.30. The molecule has 1 aromatic carbocycles. The molecule has 8 nitrogen and oxygen atoms in total. The number of methoxy groups -OCH3 is 2. The van der Waals surface area contributed by atoms with Crippen LogP contribution in [0.3, 0.4) is 0 Å². The van der Waals surface area contributed by atoms with Crippen molar-refractivity contribution < 1.29 is 9.47 Å². The average Bonchev–Trinajstić information content (AvgIpc) is 3.24. The van der Waals surface area contributed by atoms with Crippen LogP contribution in [-0.4, -0.2) is 56.6 Å². The molecule has 0 bridgehead atoms. The second kappa shape index (κ2) is 11.0. The van der Waals surface area contributed by atoms with Gasteiger partial charge >= 0.3 is 0 Å². The van der Waals surface area contributed by atoms with Crippen LogP contribution in [0.2, 0.25) is 0 Å². The predicted molar refractivity (Wildman–Crippen MR) is 122 cm³/mol. The van der Waals surface area contributed by atoms with Crippen molar-refractivity contribution in [3.8, 4) is 11.5 Å². The maximum atomic E-state index is 5.38. The third-order valence-electron chi connectivity index (χ3n) is 4.77. The summed E-state index contributed by atoms with van der Waals surface area (Å²) in [5.74, 6) is 2.44. The second-order valence-electron chi connectivity index (χ2n) is 6.48. The van der Waals surface area contributed by atoms with Crippen molar-refractivity contribution in [2.75, 3.05) is 39.3 Å². The number of aliphatic imine (C=N–C) groups is 1. The van der Waals surface area contributed by atoms with Crippen LogP contribution in [0, 0.1) is 0 Å². The lowest BCUT2D eigenvalue weighted by Gasteiger charge is -2.34. The third-order valence-corrected chi connectivity index (χ3v) is 4.77. The van der Waals surface area contributed by atoms with Crippen LogP contribution in [0.5, 0.6) is 11.5 Å². The van der Waals surface area contributed by atoms with Crippen molar-refractivity contribution in [2.45, 2.75) is 25.4 Å². The molecule has 1 aliphatic rings. The number of anilines is 1. The van der Waals surface area contributed by atoms with Crippen molar-refractivity contribution in [2.24, 2.45) is 4.99 Å². The fourth-order valence-corrected chi connectivity index (χ4v) is 3.21. The Balaban J connectivity index is 0.00000280. The van der Waals surface area contributed by atoms with Crippen LogP contribution < -0.4 is 25.0 Å². The van der Waals surface area contributed by atoms with Crippen LogP contribution in [0.1, 0.15) is 18.5 Å². The van der Waals surface area contributed by atoms with Crippen molar-refractivity contribution in [1.82, 2.24) is 20.8 Å². The molecule has 1 saturated heterocycles. The molecule has 0 atom stereocenters. The summed E-state index contributed by atoms with van der Waals surface area (Å²) < 4.78 is 10.8. The molecule has 3 N–H and O–H groups in total. The van der Waals surface area contributed by atoms with Gasteiger partial charge in [0.2, 0.25) is 0 Å². The first-order valence-electron chi connectivity index (χ1n) is 9.15. The lowest BCUT2D eigenvalue weighted by atomic mass is 10.0. The number of H-pyrrole nitrogens is 1. The molecule has 0 radical (unpaired) electrons. The van der Waals surface area contributed by atoms with E-state index in [1.165, 1.54) is 0 Å².